The van der Waals surface area contributed by atoms with Crippen molar-refractivity contribution in [2.24, 2.45) is 7.05 Å². The molecule has 0 spiro atoms. The van der Waals surface area contributed by atoms with Crippen molar-refractivity contribution in [3.63, 3.8) is 0 Å². The van der Waals surface area contributed by atoms with Gasteiger partial charge in [0.1, 0.15) is 11.6 Å². The van der Waals surface area contributed by atoms with Crippen LogP contribution in [0.15, 0.2) is 69.4 Å². The molecular weight excluding hydrogens is 336 g/mol. The van der Waals surface area contributed by atoms with Crippen LogP contribution in [0.2, 0.25) is 0 Å². The minimum absolute atomic E-state index is 0.0579. The predicted molar refractivity (Wildman–Crippen MR) is 96.6 cm³/mol. The van der Waals surface area contributed by atoms with Crippen LogP contribution in [0.25, 0.3) is 10.9 Å². The normalized spacial score (nSPS) is 11.2. The molecule has 0 saturated heterocycles. The SMILES string of the molecule is Cn1ccnc1SCc1nc2ccccc2c(=O)n1Cc1ccco1. The molecule has 0 aliphatic rings. The maximum atomic E-state index is 13.0. The molecule has 0 fully saturated rings. The van der Waals surface area contributed by atoms with Gasteiger partial charge in [0, 0.05) is 19.4 Å². The van der Waals surface area contributed by atoms with Crippen molar-refractivity contribution in [3.05, 3.63) is 77.0 Å². The summed E-state index contributed by atoms with van der Waals surface area (Å²) >= 11 is 1.55. The van der Waals surface area contributed by atoms with Gasteiger partial charge in [-0.2, -0.15) is 0 Å². The number of benzene rings is 1. The molecule has 0 atom stereocenters. The lowest BCUT2D eigenvalue weighted by Gasteiger charge is -2.12. The fourth-order valence-electron chi connectivity index (χ4n) is 2.67. The van der Waals surface area contributed by atoms with Crippen molar-refractivity contribution >= 4 is 22.7 Å². The van der Waals surface area contributed by atoms with E-state index in [1.54, 1.807) is 34.9 Å². The Bertz CT molecular complexity index is 1070. The third-order valence-corrected chi connectivity index (χ3v) is 5.00. The van der Waals surface area contributed by atoms with Gasteiger partial charge in [-0.3, -0.25) is 9.36 Å². The highest BCUT2D eigenvalue weighted by Gasteiger charge is 2.13. The third kappa shape index (κ3) is 3.10. The Hall–Kier alpha value is -2.80. The van der Waals surface area contributed by atoms with Crippen LogP contribution in [-0.4, -0.2) is 19.1 Å². The molecule has 0 bridgehead atoms. The summed E-state index contributed by atoms with van der Waals surface area (Å²) in [4.78, 5) is 22.0. The molecule has 0 radical (unpaired) electrons. The number of thioether (sulfide) groups is 1. The zero-order valence-corrected chi connectivity index (χ0v) is 14.4. The summed E-state index contributed by atoms with van der Waals surface area (Å²) < 4.78 is 9.04. The lowest BCUT2D eigenvalue weighted by atomic mass is 10.2. The molecule has 0 aliphatic heterocycles. The van der Waals surface area contributed by atoms with Gasteiger partial charge in [0.05, 0.1) is 29.5 Å². The molecular formula is C18H16N4O2S. The number of para-hydroxylation sites is 1. The van der Waals surface area contributed by atoms with Gasteiger partial charge in [-0.15, -0.1) is 0 Å². The van der Waals surface area contributed by atoms with Crippen molar-refractivity contribution in [2.75, 3.05) is 0 Å². The van der Waals surface area contributed by atoms with Crippen molar-refractivity contribution in [3.8, 4) is 0 Å². The average molecular weight is 352 g/mol. The van der Waals surface area contributed by atoms with Gasteiger partial charge in [-0.25, -0.2) is 9.97 Å². The van der Waals surface area contributed by atoms with Gasteiger partial charge in [0.2, 0.25) is 0 Å². The molecule has 6 nitrogen and oxygen atoms in total. The number of aryl methyl sites for hydroxylation is 1. The largest absolute Gasteiger partial charge is 0.467 e. The number of furan rings is 1. The first-order valence-corrected chi connectivity index (χ1v) is 8.82. The number of nitrogens with zero attached hydrogens (tertiary/aromatic N) is 4. The molecule has 1 aromatic carbocycles. The highest BCUT2D eigenvalue weighted by Crippen LogP contribution is 2.20. The highest BCUT2D eigenvalue weighted by molar-refractivity contribution is 7.98. The molecule has 126 valence electrons. The summed E-state index contributed by atoms with van der Waals surface area (Å²) in [6.45, 7) is 0.361. The Morgan fingerprint density at radius 3 is 2.84 bits per heavy atom. The smallest absolute Gasteiger partial charge is 0.261 e. The summed E-state index contributed by atoms with van der Waals surface area (Å²) in [6, 6.07) is 11.1. The standard InChI is InChI=1S/C18H16N4O2S/c1-21-9-8-19-18(21)25-12-16-20-15-7-3-2-6-14(15)17(23)22(16)11-13-5-4-10-24-13/h2-10H,11-12H2,1H3. The van der Waals surface area contributed by atoms with Crippen LogP contribution in [0.4, 0.5) is 0 Å². The average Bonchev–Trinajstić information content (AvgIpc) is 3.28. The van der Waals surface area contributed by atoms with E-state index < -0.39 is 0 Å². The molecule has 0 aliphatic carbocycles. The number of imidazole rings is 1. The number of rotatable bonds is 5. The van der Waals surface area contributed by atoms with Gasteiger partial charge in [0.15, 0.2) is 5.16 Å². The quantitative estimate of drug-likeness (QED) is 0.517. The fraction of sp³-hybridized carbons (Fsp3) is 0.167. The van der Waals surface area contributed by atoms with Crippen molar-refractivity contribution in [1.82, 2.24) is 19.1 Å². The summed E-state index contributed by atoms with van der Waals surface area (Å²) in [5.74, 6) is 1.97. The fourth-order valence-corrected chi connectivity index (χ4v) is 3.54. The second-order valence-corrected chi connectivity index (χ2v) is 6.57. The first-order valence-electron chi connectivity index (χ1n) is 7.83. The number of hydrogen-bond donors (Lipinski definition) is 0. The number of hydrogen-bond acceptors (Lipinski definition) is 5. The van der Waals surface area contributed by atoms with E-state index in [9.17, 15) is 4.79 Å². The van der Waals surface area contributed by atoms with Gasteiger partial charge >= 0.3 is 0 Å². The van der Waals surface area contributed by atoms with E-state index in [4.69, 9.17) is 9.40 Å². The van der Waals surface area contributed by atoms with Gasteiger partial charge < -0.3 is 8.98 Å². The van der Waals surface area contributed by atoms with Crippen molar-refractivity contribution in [2.45, 2.75) is 17.5 Å². The van der Waals surface area contributed by atoms with E-state index in [-0.39, 0.29) is 5.56 Å². The molecule has 4 rings (SSSR count). The molecule has 3 aromatic heterocycles. The van der Waals surface area contributed by atoms with Gasteiger partial charge in [-0.1, -0.05) is 23.9 Å². The van der Waals surface area contributed by atoms with E-state index in [0.29, 0.717) is 29.0 Å². The van der Waals surface area contributed by atoms with Gasteiger partial charge in [0.25, 0.3) is 5.56 Å². The minimum atomic E-state index is -0.0579. The van der Waals surface area contributed by atoms with E-state index in [1.165, 1.54) is 0 Å². The maximum Gasteiger partial charge on any atom is 0.261 e. The van der Waals surface area contributed by atoms with Crippen LogP contribution in [0.5, 0.6) is 0 Å². The Morgan fingerprint density at radius 1 is 1.20 bits per heavy atom. The summed E-state index contributed by atoms with van der Waals surface area (Å²) in [5, 5.41) is 1.49. The minimum Gasteiger partial charge on any atom is -0.467 e. The van der Waals surface area contributed by atoms with E-state index in [2.05, 4.69) is 4.98 Å². The van der Waals surface area contributed by atoms with Crippen LogP contribution in [-0.2, 0) is 19.3 Å². The Labute approximate surface area is 148 Å². The maximum absolute atomic E-state index is 13.0. The van der Waals surface area contributed by atoms with Crippen LogP contribution >= 0.6 is 11.8 Å². The number of fused-ring (bicyclic) bond motifs is 1. The molecule has 4 aromatic rings. The van der Waals surface area contributed by atoms with Crippen molar-refractivity contribution < 1.29 is 4.42 Å². The first-order chi connectivity index (χ1) is 12.2. The second kappa shape index (κ2) is 6.60. The van der Waals surface area contributed by atoms with E-state index in [1.807, 2.05) is 48.1 Å². The summed E-state index contributed by atoms with van der Waals surface area (Å²) in [7, 11) is 1.94. The molecule has 0 saturated carbocycles. The van der Waals surface area contributed by atoms with Gasteiger partial charge in [-0.05, 0) is 24.3 Å². The second-order valence-electron chi connectivity index (χ2n) is 5.63. The van der Waals surface area contributed by atoms with E-state index >= 15 is 0 Å². The molecule has 0 amide bonds. The molecule has 7 heteroatoms. The molecule has 25 heavy (non-hydrogen) atoms. The Kier molecular flexibility index (Phi) is 4.15. The van der Waals surface area contributed by atoms with Crippen LogP contribution in [0.1, 0.15) is 11.6 Å². The first kappa shape index (κ1) is 15.7. The molecule has 3 heterocycles. The summed E-state index contributed by atoms with van der Waals surface area (Å²) in [6.07, 6.45) is 5.26. The van der Waals surface area contributed by atoms with Crippen LogP contribution in [0, 0.1) is 0 Å². The number of aromatic nitrogens is 4. The van der Waals surface area contributed by atoms with Crippen LogP contribution < -0.4 is 5.56 Å². The zero-order valence-electron chi connectivity index (χ0n) is 13.6. The highest BCUT2D eigenvalue weighted by atomic mass is 32.2. The topological polar surface area (TPSA) is 65.8 Å². The molecule has 0 unspecified atom stereocenters. The molecule has 0 N–H and O–H groups in total. The van der Waals surface area contributed by atoms with E-state index in [0.717, 1.165) is 10.9 Å². The van der Waals surface area contributed by atoms with Crippen LogP contribution in [0.3, 0.4) is 0 Å². The summed E-state index contributed by atoms with van der Waals surface area (Å²) in [5.41, 5.74) is 0.649. The van der Waals surface area contributed by atoms with Crippen molar-refractivity contribution in [1.29, 1.82) is 0 Å². The Balaban J connectivity index is 1.77. The zero-order chi connectivity index (χ0) is 17.2. The monoisotopic (exact) mass is 352 g/mol. The lowest BCUT2D eigenvalue weighted by molar-refractivity contribution is 0.485. The third-order valence-electron chi connectivity index (χ3n) is 3.94. The lowest BCUT2D eigenvalue weighted by Crippen LogP contribution is -2.25. The predicted octanol–water partition coefficient (Wildman–Crippen LogP) is 3.06. The Morgan fingerprint density at radius 2 is 2.08 bits per heavy atom.